The molecule has 0 rings (SSSR count). The minimum Gasteiger partial charge on any atom is -0.376 e. The predicted molar refractivity (Wildman–Crippen MR) is 71.9 cm³/mol. The summed E-state index contributed by atoms with van der Waals surface area (Å²) in [5, 5.41) is 6.64. The monoisotopic (exact) mass is 262 g/mol. The molecule has 1 atom stereocenters. The van der Waals surface area contributed by atoms with E-state index in [1.54, 1.807) is 21.3 Å². The van der Waals surface area contributed by atoms with Gasteiger partial charge in [-0.2, -0.15) is 0 Å². The highest BCUT2D eigenvalue weighted by atomic mass is 28.4. The van der Waals surface area contributed by atoms with Crippen LogP contribution in [0.15, 0.2) is 12.7 Å². The third-order valence-electron chi connectivity index (χ3n) is 2.67. The first kappa shape index (κ1) is 16.8. The van der Waals surface area contributed by atoms with Gasteiger partial charge in [-0.1, -0.05) is 13.0 Å². The molecule has 102 valence electrons. The van der Waals surface area contributed by atoms with Gasteiger partial charge >= 0.3 is 8.80 Å². The van der Waals surface area contributed by atoms with Crippen LogP contribution in [0.5, 0.6) is 0 Å². The summed E-state index contributed by atoms with van der Waals surface area (Å²) >= 11 is 0. The highest BCUT2D eigenvalue weighted by molar-refractivity contribution is 6.62. The van der Waals surface area contributed by atoms with E-state index < -0.39 is 8.80 Å². The lowest BCUT2D eigenvalue weighted by Gasteiger charge is -2.32. The number of hydrogen-bond donors (Lipinski definition) is 2. The Kier molecular flexibility index (Phi) is 9.61. The van der Waals surface area contributed by atoms with Gasteiger partial charge in [-0.3, -0.25) is 0 Å². The highest BCUT2D eigenvalue weighted by Gasteiger charge is 2.46. The molecular formula is C11H26N2O3Si. The molecular weight excluding hydrogens is 236 g/mol. The third-order valence-corrected chi connectivity index (χ3v) is 5.84. The summed E-state index contributed by atoms with van der Waals surface area (Å²) in [6.07, 6.45) is 2.75. The Morgan fingerprint density at radius 1 is 1.18 bits per heavy atom. The summed E-state index contributed by atoms with van der Waals surface area (Å²) in [7, 11) is 2.34. The molecule has 0 spiro atoms. The van der Waals surface area contributed by atoms with Crippen LogP contribution in [0, 0.1) is 0 Å². The van der Waals surface area contributed by atoms with Crippen molar-refractivity contribution in [1.29, 1.82) is 0 Å². The van der Waals surface area contributed by atoms with Crippen LogP contribution in [0.3, 0.4) is 0 Å². The smallest absolute Gasteiger partial charge is 0.376 e. The molecule has 6 heteroatoms. The van der Waals surface area contributed by atoms with E-state index in [9.17, 15) is 0 Å². The summed E-state index contributed by atoms with van der Waals surface area (Å²) in [4.78, 5) is 0. The fraction of sp³-hybridized carbons (Fsp3) is 0.818. The fourth-order valence-electron chi connectivity index (χ4n) is 1.74. The first-order valence-electron chi connectivity index (χ1n) is 5.91. The van der Waals surface area contributed by atoms with Crippen molar-refractivity contribution >= 4 is 8.80 Å². The summed E-state index contributed by atoms with van der Waals surface area (Å²) in [5.74, 6) is 0. The molecule has 0 heterocycles. The lowest BCUT2D eigenvalue weighted by molar-refractivity contribution is 0.106. The Morgan fingerprint density at radius 2 is 1.76 bits per heavy atom. The minimum absolute atomic E-state index is 0.119. The number of rotatable bonds is 11. The van der Waals surface area contributed by atoms with Gasteiger partial charge in [-0.25, -0.2) is 0 Å². The van der Waals surface area contributed by atoms with E-state index in [4.69, 9.17) is 13.3 Å². The molecule has 0 aliphatic rings. The van der Waals surface area contributed by atoms with Gasteiger partial charge < -0.3 is 23.9 Å². The van der Waals surface area contributed by atoms with Gasteiger partial charge in [0.2, 0.25) is 0 Å². The normalized spacial score (nSPS) is 13.6. The SMILES string of the molecule is C=CCNCCNC(CC)[Si](OC)(OC)OC. The maximum absolute atomic E-state index is 5.46. The van der Waals surface area contributed by atoms with Crippen molar-refractivity contribution in [2.24, 2.45) is 0 Å². The van der Waals surface area contributed by atoms with Crippen molar-refractivity contribution in [3.63, 3.8) is 0 Å². The van der Waals surface area contributed by atoms with Crippen LogP contribution >= 0.6 is 0 Å². The van der Waals surface area contributed by atoms with Gasteiger partial charge in [0.15, 0.2) is 0 Å². The molecule has 0 aliphatic carbocycles. The molecule has 0 bridgehead atoms. The third kappa shape index (κ3) is 5.28. The first-order chi connectivity index (χ1) is 8.20. The second-order valence-electron chi connectivity index (χ2n) is 3.62. The van der Waals surface area contributed by atoms with Crippen LogP contribution in [-0.2, 0) is 13.3 Å². The lowest BCUT2D eigenvalue weighted by atomic mass is 10.4. The Morgan fingerprint density at radius 3 is 2.18 bits per heavy atom. The summed E-state index contributed by atoms with van der Waals surface area (Å²) in [5.41, 5.74) is 0.119. The van der Waals surface area contributed by atoms with Crippen LogP contribution in [0.1, 0.15) is 13.3 Å². The first-order valence-corrected chi connectivity index (χ1v) is 7.71. The van der Waals surface area contributed by atoms with Gasteiger partial charge in [0.1, 0.15) is 0 Å². The standard InChI is InChI=1S/C11H26N2O3Si/c1-6-8-12-9-10-13-11(7-2)17(14-3,15-4)16-5/h6,11-13H,1,7-10H2,2-5H3. The second-order valence-corrected chi connectivity index (χ2v) is 6.75. The van der Waals surface area contributed by atoms with E-state index >= 15 is 0 Å². The van der Waals surface area contributed by atoms with E-state index in [0.717, 1.165) is 26.1 Å². The summed E-state index contributed by atoms with van der Waals surface area (Å²) < 4.78 is 16.4. The second kappa shape index (κ2) is 9.75. The van der Waals surface area contributed by atoms with Crippen LogP contribution in [0.4, 0.5) is 0 Å². The average Bonchev–Trinajstić information content (AvgIpc) is 2.38. The van der Waals surface area contributed by atoms with Crippen LogP contribution in [-0.4, -0.2) is 55.4 Å². The molecule has 0 radical (unpaired) electrons. The van der Waals surface area contributed by atoms with Crippen molar-refractivity contribution in [2.45, 2.75) is 19.0 Å². The van der Waals surface area contributed by atoms with Gasteiger partial charge in [0.05, 0.1) is 5.67 Å². The Balaban J connectivity index is 4.15. The van der Waals surface area contributed by atoms with Crippen molar-refractivity contribution < 1.29 is 13.3 Å². The largest absolute Gasteiger partial charge is 0.517 e. The van der Waals surface area contributed by atoms with Crippen molar-refractivity contribution in [2.75, 3.05) is 41.0 Å². The zero-order chi connectivity index (χ0) is 13.1. The molecule has 0 aliphatic heterocycles. The number of hydrogen-bond acceptors (Lipinski definition) is 5. The van der Waals surface area contributed by atoms with Crippen LogP contribution < -0.4 is 10.6 Å². The molecule has 0 amide bonds. The van der Waals surface area contributed by atoms with E-state index in [0.29, 0.717) is 0 Å². The van der Waals surface area contributed by atoms with Crippen LogP contribution in [0.2, 0.25) is 0 Å². The molecule has 0 saturated heterocycles. The highest BCUT2D eigenvalue weighted by Crippen LogP contribution is 2.14. The maximum Gasteiger partial charge on any atom is 0.517 e. The molecule has 0 aromatic carbocycles. The molecule has 2 N–H and O–H groups in total. The Labute approximate surface area is 106 Å². The van der Waals surface area contributed by atoms with Crippen molar-refractivity contribution in [1.82, 2.24) is 10.6 Å². The summed E-state index contributed by atoms with van der Waals surface area (Å²) in [6, 6.07) is 0. The van der Waals surface area contributed by atoms with Gasteiger partial charge in [0.25, 0.3) is 0 Å². The molecule has 0 aromatic rings. The average molecular weight is 262 g/mol. The lowest BCUT2D eigenvalue weighted by Crippen LogP contribution is -2.60. The minimum atomic E-state index is -2.57. The fourth-order valence-corrected chi connectivity index (χ4v) is 3.98. The van der Waals surface area contributed by atoms with E-state index in [2.05, 4.69) is 24.1 Å². The summed E-state index contributed by atoms with van der Waals surface area (Å²) in [6.45, 7) is 8.29. The van der Waals surface area contributed by atoms with E-state index in [-0.39, 0.29) is 5.67 Å². The molecule has 0 saturated carbocycles. The maximum atomic E-state index is 5.46. The Hall–Kier alpha value is -0.243. The van der Waals surface area contributed by atoms with Gasteiger partial charge in [-0.05, 0) is 6.42 Å². The van der Waals surface area contributed by atoms with Gasteiger partial charge in [-0.15, -0.1) is 6.58 Å². The predicted octanol–water partition coefficient (Wildman–Crippen LogP) is 0.548. The van der Waals surface area contributed by atoms with Crippen molar-refractivity contribution in [3.8, 4) is 0 Å². The zero-order valence-corrected chi connectivity index (χ0v) is 12.4. The van der Waals surface area contributed by atoms with Crippen molar-refractivity contribution in [3.05, 3.63) is 12.7 Å². The molecule has 5 nitrogen and oxygen atoms in total. The molecule has 17 heavy (non-hydrogen) atoms. The molecule has 0 fully saturated rings. The quantitative estimate of drug-likeness (QED) is 0.323. The zero-order valence-electron chi connectivity index (χ0n) is 11.4. The molecule has 1 unspecified atom stereocenters. The van der Waals surface area contributed by atoms with Crippen LogP contribution in [0.25, 0.3) is 0 Å². The van der Waals surface area contributed by atoms with E-state index in [1.165, 1.54) is 0 Å². The van der Waals surface area contributed by atoms with E-state index in [1.807, 2.05) is 6.08 Å². The molecule has 0 aromatic heterocycles. The van der Waals surface area contributed by atoms with Gasteiger partial charge in [0, 0.05) is 41.0 Å². The Bertz CT molecular complexity index is 193. The topological polar surface area (TPSA) is 51.8 Å². The number of nitrogens with one attached hydrogen (secondary N) is 2.